The molecule has 15 aromatic carbocycles. The molecule has 5 heterocycles. The summed E-state index contributed by atoms with van der Waals surface area (Å²) in [5.41, 5.74) is 7.60. The number of aromatic nitrogens is 5. The number of pyridine rings is 3. The number of carbonyl (C=O) groups is 4. The van der Waals surface area contributed by atoms with Crippen molar-refractivity contribution in [3.63, 3.8) is 0 Å². The molecule has 2 saturated carbocycles. The molecule has 22 rings (SSSR count). The van der Waals surface area contributed by atoms with E-state index < -0.39 is 38.8 Å². The fourth-order valence-corrected chi connectivity index (χ4v) is 25.9. The number of rotatable bonds is 22. The average molecular weight is 2170 g/mol. The first-order valence-corrected chi connectivity index (χ1v) is 54.0. The second-order valence-electron chi connectivity index (χ2n) is 33.3. The zero-order valence-corrected chi connectivity index (χ0v) is 87.6. The number of nitrogens with zero attached hydrogens (tertiary/aromatic N) is 7. The molecule has 0 atom stereocenters. The molecular formula is C121H103BBrCl2N9O6P4Pd. The Morgan fingerprint density at radius 2 is 0.600 bits per heavy atom. The molecule has 0 aliphatic heterocycles. The van der Waals surface area contributed by atoms with Gasteiger partial charge in [0.1, 0.15) is 5.69 Å². The summed E-state index contributed by atoms with van der Waals surface area (Å²) >= 11 is 15.5. The Morgan fingerprint density at radius 3 is 0.855 bits per heavy atom. The smallest absolute Gasteiger partial charge is 0.423 e. The number of anilines is 2. The van der Waals surface area contributed by atoms with Gasteiger partial charge in [-0.1, -0.05) is 405 Å². The summed E-state index contributed by atoms with van der Waals surface area (Å²) in [6.45, 7) is 0. The van der Waals surface area contributed by atoms with E-state index in [9.17, 15) is 19.2 Å². The van der Waals surface area contributed by atoms with E-state index in [1.54, 1.807) is 77.3 Å². The van der Waals surface area contributed by atoms with Gasteiger partial charge in [0.15, 0.2) is 0 Å². The van der Waals surface area contributed by atoms with Gasteiger partial charge in [-0.3, -0.25) is 24.2 Å². The molecule has 0 spiro atoms. The Bertz CT molecular complexity index is 6600. The first-order valence-electron chi connectivity index (χ1n) is 47.1. The molecule has 4 N–H and O–H groups in total. The Hall–Kier alpha value is -13.9. The van der Waals surface area contributed by atoms with Crippen molar-refractivity contribution in [1.29, 1.82) is 0 Å². The molecule has 4 amide bonds. The zero-order valence-electron chi connectivity index (χ0n) is 79.4. The summed E-state index contributed by atoms with van der Waals surface area (Å²) in [6, 6.07) is 162. The summed E-state index contributed by atoms with van der Waals surface area (Å²) in [5, 5.41) is 49.2. The number of amides is 4. The van der Waals surface area contributed by atoms with Gasteiger partial charge in [0, 0.05) is 114 Å². The van der Waals surface area contributed by atoms with Gasteiger partial charge in [-0.2, -0.15) is 10.2 Å². The van der Waals surface area contributed by atoms with Crippen molar-refractivity contribution >= 4 is 193 Å². The van der Waals surface area contributed by atoms with Crippen LogP contribution in [0.25, 0.3) is 22.2 Å². The van der Waals surface area contributed by atoms with Gasteiger partial charge < -0.3 is 30.5 Å². The summed E-state index contributed by atoms with van der Waals surface area (Å²) in [7, 11) is -0.229. The third kappa shape index (κ3) is 28.9. The predicted octanol–water partition coefficient (Wildman–Crippen LogP) is 21.3. The molecule has 2 aliphatic rings. The second-order valence-corrected chi connectivity index (χ2v) is 43.9. The first-order chi connectivity index (χ1) is 70.6. The second kappa shape index (κ2) is 53.6. The standard InChI is InChI=1S/C25H21ClN4O2.4C18H15P.C17H13BrClN3O.C7H9BN2O3.Pd/c1-27-24(31)17-4-2-16(3-5-17)22-15-28-29-13-12-18(14-23(22)29)25(32)30(21-10-11-21)20-8-6-19(26)7-9-20;4*1-4-10-16(11-5-1)19(17-12-6-2-7-13-17)18-14-8-3-9-15-18;18-15-10-20-21-8-7-11(9-16(15)21)17(23)22(14-5-6-14)13-3-1-12(19)2-4-13;1-9-7(11)6-3-2-5(4-10-6)8(12)13;/h2-9,12-15,21H,10-11H2,1H3,(H,27,31);4*1-15H;1-4,7-10,14H,5-6H2;2-4,12-13H,1H3,(H,9,11);. The van der Waals surface area contributed by atoms with Crippen LogP contribution < -0.4 is 89.6 Å². The molecule has 20 aromatic rings. The molecule has 5 aromatic heterocycles. The van der Waals surface area contributed by atoms with E-state index in [-0.39, 0.29) is 67.3 Å². The van der Waals surface area contributed by atoms with Crippen LogP contribution in [0.5, 0.6) is 0 Å². The van der Waals surface area contributed by atoms with Crippen LogP contribution in [0.3, 0.4) is 0 Å². The number of halogens is 3. The van der Waals surface area contributed by atoms with Crippen molar-refractivity contribution < 1.29 is 49.6 Å². The van der Waals surface area contributed by atoms with Gasteiger partial charge in [-0.05, 0) is 234 Å². The van der Waals surface area contributed by atoms with Crippen LogP contribution in [-0.2, 0) is 20.4 Å². The van der Waals surface area contributed by atoms with E-state index in [1.165, 1.54) is 89.0 Å². The van der Waals surface area contributed by atoms with E-state index in [0.717, 1.165) is 63.7 Å². The predicted molar refractivity (Wildman–Crippen MR) is 608 cm³/mol. The number of carbonyl (C=O) groups excluding carboxylic acids is 4. The molecule has 2 fully saturated rings. The maximum Gasteiger partial charge on any atom is 0.490 e. The van der Waals surface area contributed by atoms with Crippen molar-refractivity contribution in [3.8, 4) is 11.1 Å². The fourth-order valence-electron chi connectivity index (χ4n) is 16.0. The van der Waals surface area contributed by atoms with Gasteiger partial charge in [0.25, 0.3) is 23.6 Å². The summed E-state index contributed by atoms with van der Waals surface area (Å²) in [4.78, 5) is 56.8. The van der Waals surface area contributed by atoms with E-state index in [1.807, 2.05) is 70.5 Å². The number of nitrogens with one attached hydrogen (secondary N) is 2. The van der Waals surface area contributed by atoms with Crippen molar-refractivity contribution in [2.45, 2.75) is 37.8 Å². The van der Waals surface area contributed by atoms with Crippen LogP contribution in [0.15, 0.2) is 509 Å². The van der Waals surface area contributed by atoms with Crippen molar-refractivity contribution in [1.82, 2.24) is 34.8 Å². The monoisotopic (exact) mass is 2170 g/mol. The van der Waals surface area contributed by atoms with Crippen LogP contribution in [0, 0.1) is 0 Å². The minimum Gasteiger partial charge on any atom is -0.423 e. The molecule has 0 bridgehead atoms. The fraction of sp³-hybridized carbons (Fsp3) is 0.0661. The van der Waals surface area contributed by atoms with Crippen LogP contribution in [0.4, 0.5) is 11.4 Å². The number of hydrogen-bond acceptors (Lipinski definition) is 9. The van der Waals surface area contributed by atoms with Gasteiger partial charge in [-0.25, -0.2) is 9.03 Å². The minimum atomic E-state index is -1.55. The molecule has 24 heteroatoms. The van der Waals surface area contributed by atoms with Crippen LogP contribution in [0.1, 0.15) is 67.2 Å². The molecule has 722 valence electrons. The average Bonchev–Trinajstić information content (AvgIpc) is 1.63. The Balaban J connectivity index is 0.000000129. The number of fused-ring (bicyclic) bond motifs is 2. The Kier molecular flexibility index (Phi) is 39.0. The largest absolute Gasteiger partial charge is 0.490 e. The van der Waals surface area contributed by atoms with E-state index in [2.05, 4.69) is 406 Å². The molecule has 15 nitrogen and oxygen atoms in total. The molecule has 0 unspecified atom stereocenters. The Labute approximate surface area is 884 Å². The van der Waals surface area contributed by atoms with Crippen molar-refractivity contribution in [3.05, 3.63) is 541 Å². The molecule has 0 saturated heterocycles. The topological polar surface area (TPSA) is 187 Å². The van der Waals surface area contributed by atoms with Gasteiger partial charge in [0.05, 0.1) is 27.9 Å². The van der Waals surface area contributed by atoms with E-state index in [0.29, 0.717) is 26.7 Å². The normalized spacial score (nSPS) is 11.6. The van der Waals surface area contributed by atoms with Crippen LogP contribution >= 0.6 is 70.8 Å². The van der Waals surface area contributed by atoms with Crippen LogP contribution in [0.2, 0.25) is 10.0 Å². The quantitative estimate of drug-likeness (QED) is 0.0378. The maximum absolute atomic E-state index is 13.5. The van der Waals surface area contributed by atoms with Crippen molar-refractivity contribution in [2.24, 2.45) is 0 Å². The van der Waals surface area contributed by atoms with E-state index in [4.69, 9.17) is 33.2 Å². The van der Waals surface area contributed by atoms with E-state index >= 15 is 0 Å². The maximum atomic E-state index is 13.5. The van der Waals surface area contributed by atoms with Crippen LogP contribution in [-0.4, -0.2) is 91.2 Å². The minimum absolute atomic E-state index is 0. The Morgan fingerprint density at radius 1 is 0.331 bits per heavy atom. The zero-order chi connectivity index (χ0) is 99.7. The SMILES string of the molecule is CNC(=O)c1ccc(-c2cnn3ccc(C(=O)N(c4ccc(Cl)cc4)C4CC4)cc23)cc1.CNC(=O)c1ccc(B(O)O)cn1.O=C(c1ccn2ncc(Br)c2c1)N(c1ccc(Cl)cc1)C1CC1.[Pd].c1ccc(P(c2ccccc2)c2ccccc2)cc1.c1ccc(P(c2ccccc2)c2ccccc2)cc1.c1ccc(P(c2ccccc2)c2ccccc2)cc1.c1ccc(P(c2ccccc2)c2ccccc2)cc1. The van der Waals surface area contributed by atoms with Gasteiger partial charge >= 0.3 is 7.12 Å². The molecule has 2 aliphatic carbocycles. The first kappa shape index (κ1) is 105. The van der Waals surface area contributed by atoms with Gasteiger partial charge in [0.2, 0.25) is 0 Å². The molecule has 145 heavy (non-hydrogen) atoms. The summed E-state index contributed by atoms with van der Waals surface area (Å²) in [6.07, 6.45) is 12.4. The summed E-state index contributed by atoms with van der Waals surface area (Å²) in [5.74, 6) is -0.476. The number of benzene rings is 15. The third-order valence-electron chi connectivity index (χ3n) is 23.4. The third-order valence-corrected chi connectivity index (χ3v) is 34.3. The number of hydrogen-bond donors (Lipinski definition) is 4. The summed E-state index contributed by atoms with van der Waals surface area (Å²) < 4.78 is 4.37. The molecule has 0 radical (unpaired) electrons. The van der Waals surface area contributed by atoms with Crippen molar-refractivity contribution in [2.75, 3.05) is 23.9 Å². The van der Waals surface area contributed by atoms with Gasteiger partial charge in [-0.15, -0.1) is 0 Å². The molecular weight excluding hydrogens is 2070 g/mol.